The van der Waals surface area contributed by atoms with Crippen molar-refractivity contribution >= 4 is 23.5 Å². The van der Waals surface area contributed by atoms with Gasteiger partial charge in [-0.2, -0.15) is 11.8 Å². The molecule has 1 aromatic carbocycles. The fourth-order valence-electron chi connectivity index (χ4n) is 1.91. The third-order valence-electron chi connectivity index (χ3n) is 2.95. The lowest BCUT2D eigenvalue weighted by atomic mass is 10.3. The van der Waals surface area contributed by atoms with Crippen molar-refractivity contribution in [3.8, 4) is 0 Å². The van der Waals surface area contributed by atoms with E-state index in [1.165, 1.54) is 4.90 Å². The fraction of sp³-hybridized carbons (Fsp3) is 0.444. The highest BCUT2D eigenvalue weighted by atomic mass is 32.2. The van der Waals surface area contributed by atoms with Gasteiger partial charge in [0.25, 0.3) is 0 Å². The number of hydrogen-bond donors (Lipinski definition) is 1. The standard InChI is InChI=1S/C18H25NOS2/c1-18(2,3)22-12-11-19-13-15-9-10-16(20-15)14-21-17-7-5-4-6-8-17/h4-10,19H,11-14H2,1-3H3. The Kier molecular flexibility index (Phi) is 6.93. The van der Waals surface area contributed by atoms with E-state index >= 15 is 0 Å². The Morgan fingerprint density at radius 2 is 1.73 bits per heavy atom. The lowest BCUT2D eigenvalue weighted by Gasteiger charge is -2.17. The van der Waals surface area contributed by atoms with Crippen LogP contribution in [-0.4, -0.2) is 17.0 Å². The molecule has 0 aliphatic heterocycles. The quantitative estimate of drug-likeness (QED) is 0.530. The van der Waals surface area contributed by atoms with E-state index in [1.54, 1.807) is 11.8 Å². The largest absolute Gasteiger partial charge is 0.464 e. The van der Waals surface area contributed by atoms with Gasteiger partial charge in [0, 0.05) is 21.9 Å². The number of rotatable bonds is 8. The molecule has 0 saturated carbocycles. The molecule has 0 fully saturated rings. The van der Waals surface area contributed by atoms with Crippen molar-refractivity contribution in [3.05, 3.63) is 54.0 Å². The van der Waals surface area contributed by atoms with Crippen LogP contribution in [0.2, 0.25) is 0 Å². The van der Waals surface area contributed by atoms with Crippen LogP contribution in [0.15, 0.2) is 51.8 Å². The first-order chi connectivity index (χ1) is 10.5. The Labute approximate surface area is 142 Å². The van der Waals surface area contributed by atoms with Crippen LogP contribution in [0.25, 0.3) is 0 Å². The molecular formula is C18H25NOS2. The lowest BCUT2D eigenvalue weighted by Crippen LogP contribution is -2.19. The maximum absolute atomic E-state index is 5.86. The van der Waals surface area contributed by atoms with E-state index in [2.05, 4.69) is 62.5 Å². The minimum Gasteiger partial charge on any atom is -0.464 e. The normalized spacial score (nSPS) is 11.8. The number of furan rings is 1. The highest BCUT2D eigenvalue weighted by molar-refractivity contribution is 8.00. The first-order valence-corrected chi connectivity index (χ1v) is 9.60. The zero-order valence-electron chi connectivity index (χ0n) is 13.6. The molecule has 0 saturated heterocycles. The molecule has 2 rings (SSSR count). The smallest absolute Gasteiger partial charge is 0.118 e. The second kappa shape index (κ2) is 8.70. The van der Waals surface area contributed by atoms with E-state index < -0.39 is 0 Å². The van der Waals surface area contributed by atoms with Crippen LogP contribution in [0.4, 0.5) is 0 Å². The summed E-state index contributed by atoms with van der Waals surface area (Å²) in [6.07, 6.45) is 0. The number of benzene rings is 1. The molecule has 0 spiro atoms. The van der Waals surface area contributed by atoms with Crippen molar-refractivity contribution in [2.24, 2.45) is 0 Å². The summed E-state index contributed by atoms with van der Waals surface area (Å²) in [6, 6.07) is 14.6. The molecule has 2 aromatic rings. The van der Waals surface area contributed by atoms with Gasteiger partial charge < -0.3 is 9.73 Å². The fourth-order valence-corrected chi connectivity index (χ4v) is 3.58. The van der Waals surface area contributed by atoms with Gasteiger partial charge in [0.1, 0.15) is 11.5 Å². The van der Waals surface area contributed by atoms with Gasteiger partial charge in [0.05, 0.1) is 12.3 Å². The molecule has 0 amide bonds. The van der Waals surface area contributed by atoms with E-state index in [0.29, 0.717) is 4.75 Å². The third-order valence-corrected chi connectivity index (χ3v) is 5.26. The van der Waals surface area contributed by atoms with Gasteiger partial charge in [-0.1, -0.05) is 39.0 Å². The van der Waals surface area contributed by atoms with Crippen molar-refractivity contribution in [2.45, 2.75) is 42.7 Å². The molecule has 1 aromatic heterocycles. The van der Waals surface area contributed by atoms with Crippen LogP contribution in [0, 0.1) is 0 Å². The van der Waals surface area contributed by atoms with E-state index in [9.17, 15) is 0 Å². The summed E-state index contributed by atoms with van der Waals surface area (Å²) in [4.78, 5) is 1.28. The molecular weight excluding hydrogens is 310 g/mol. The minimum atomic E-state index is 0.341. The maximum Gasteiger partial charge on any atom is 0.118 e. The first kappa shape index (κ1) is 17.5. The van der Waals surface area contributed by atoms with Crippen molar-refractivity contribution < 1.29 is 4.42 Å². The molecule has 1 heterocycles. The molecule has 120 valence electrons. The summed E-state index contributed by atoms with van der Waals surface area (Å²) >= 11 is 3.79. The molecule has 0 bridgehead atoms. The van der Waals surface area contributed by atoms with Gasteiger partial charge in [-0.3, -0.25) is 0 Å². The average molecular weight is 336 g/mol. The summed E-state index contributed by atoms with van der Waals surface area (Å²) in [5.74, 6) is 4.06. The van der Waals surface area contributed by atoms with Gasteiger partial charge in [0.2, 0.25) is 0 Å². The van der Waals surface area contributed by atoms with E-state index in [-0.39, 0.29) is 0 Å². The summed E-state index contributed by atoms with van der Waals surface area (Å²) in [5, 5.41) is 3.44. The number of nitrogens with one attached hydrogen (secondary N) is 1. The molecule has 0 radical (unpaired) electrons. The van der Waals surface area contributed by atoms with E-state index in [4.69, 9.17) is 4.42 Å². The molecule has 1 N–H and O–H groups in total. The number of thioether (sulfide) groups is 2. The highest BCUT2D eigenvalue weighted by Gasteiger charge is 2.09. The van der Waals surface area contributed by atoms with Crippen LogP contribution in [0.3, 0.4) is 0 Å². The summed E-state index contributed by atoms with van der Waals surface area (Å²) in [5.41, 5.74) is 0. The second-order valence-corrected chi connectivity index (χ2v) is 9.08. The molecule has 0 aliphatic rings. The van der Waals surface area contributed by atoms with Gasteiger partial charge >= 0.3 is 0 Å². The van der Waals surface area contributed by atoms with Crippen molar-refractivity contribution in [1.29, 1.82) is 0 Å². The molecule has 4 heteroatoms. The van der Waals surface area contributed by atoms with Crippen LogP contribution in [0.1, 0.15) is 32.3 Å². The zero-order valence-corrected chi connectivity index (χ0v) is 15.2. The highest BCUT2D eigenvalue weighted by Crippen LogP contribution is 2.24. The zero-order chi connectivity index (χ0) is 15.8. The van der Waals surface area contributed by atoms with Crippen molar-refractivity contribution in [1.82, 2.24) is 5.32 Å². The van der Waals surface area contributed by atoms with Crippen molar-refractivity contribution in [3.63, 3.8) is 0 Å². The van der Waals surface area contributed by atoms with Crippen LogP contribution in [0.5, 0.6) is 0 Å². The first-order valence-electron chi connectivity index (χ1n) is 7.63. The second-order valence-electron chi connectivity index (χ2n) is 6.11. The summed E-state index contributed by atoms with van der Waals surface area (Å²) < 4.78 is 6.20. The van der Waals surface area contributed by atoms with Gasteiger partial charge in [-0.25, -0.2) is 0 Å². The predicted molar refractivity (Wildman–Crippen MR) is 98.6 cm³/mol. The third kappa shape index (κ3) is 6.95. The predicted octanol–water partition coefficient (Wildman–Crippen LogP) is 5.19. The van der Waals surface area contributed by atoms with Crippen LogP contribution < -0.4 is 5.32 Å². The van der Waals surface area contributed by atoms with Crippen LogP contribution >= 0.6 is 23.5 Å². The topological polar surface area (TPSA) is 25.2 Å². The Balaban J connectivity index is 1.66. The summed E-state index contributed by atoms with van der Waals surface area (Å²) in [6.45, 7) is 8.57. The minimum absolute atomic E-state index is 0.341. The van der Waals surface area contributed by atoms with Crippen LogP contribution in [-0.2, 0) is 12.3 Å². The Morgan fingerprint density at radius 1 is 1.00 bits per heavy atom. The lowest BCUT2D eigenvalue weighted by molar-refractivity contribution is 0.463. The van der Waals surface area contributed by atoms with Gasteiger partial charge in [-0.15, -0.1) is 11.8 Å². The molecule has 2 nitrogen and oxygen atoms in total. The Hall–Kier alpha value is -0.840. The monoisotopic (exact) mass is 335 g/mol. The summed E-state index contributed by atoms with van der Waals surface area (Å²) in [7, 11) is 0. The van der Waals surface area contributed by atoms with E-state index in [0.717, 1.165) is 36.1 Å². The maximum atomic E-state index is 5.86. The SMILES string of the molecule is CC(C)(C)SCCNCc1ccc(CSc2ccccc2)o1. The molecule has 0 aliphatic carbocycles. The van der Waals surface area contributed by atoms with Gasteiger partial charge in [-0.05, 0) is 24.3 Å². The Bertz CT molecular complexity index is 546. The Morgan fingerprint density at radius 3 is 2.45 bits per heavy atom. The van der Waals surface area contributed by atoms with Crippen molar-refractivity contribution in [2.75, 3.05) is 12.3 Å². The number of hydrogen-bond acceptors (Lipinski definition) is 4. The van der Waals surface area contributed by atoms with E-state index in [1.807, 2.05) is 17.8 Å². The van der Waals surface area contributed by atoms with Gasteiger partial charge in [0.15, 0.2) is 0 Å². The average Bonchev–Trinajstić information content (AvgIpc) is 2.93. The molecule has 0 atom stereocenters. The molecule has 0 unspecified atom stereocenters. The molecule has 22 heavy (non-hydrogen) atoms.